The van der Waals surface area contributed by atoms with E-state index in [2.05, 4.69) is 20.6 Å². The van der Waals surface area contributed by atoms with E-state index in [1.165, 1.54) is 0 Å². The Labute approximate surface area is 153 Å². The number of hydrogen-bond acceptors (Lipinski definition) is 4. The summed E-state index contributed by atoms with van der Waals surface area (Å²) in [4.78, 5) is 20.7. The van der Waals surface area contributed by atoms with Gasteiger partial charge >= 0.3 is 12.2 Å². The molecule has 2 amide bonds. The van der Waals surface area contributed by atoms with Gasteiger partial charge in [-0.05, 0) is 19.8 Å². The summed E-state index contributed by atoms with van der Waals surface area (Å²) in [5, 5.41) is 7.84. The lowest BCUT2D eigenvalue weighted by molar-refractivity contribution is -0.140. The Balaban J connectivity index is 1.85. The fourth-order valence-corrected chi connectivity index (χ4v) is 3.37. The zero-order chi connectivity index (χ0) is 19.2. The highest BCUT2D eigenvalue weighted by Gasteiger charge is 2.33. The number of aromatic nitrogens is 1. The van der Waals surface area contributed by atoms with E-state index in [1.807, 2.05) is 6.92 Å². The molecular weight excluding hydrogens is 369 g/mol. The van der Waals surface area contributed by atoms with E-state index in [9.17, 15) is 18.0 Å². The van der Waals surface area contributed by atoms with Crippen molar-refractivity contribution in [2.45, 2.75) is 38.4 Å². The highest BCUT2D eigenvalue weighted by molar-refractivity contribution is 7.09. The average molecular weight is 392 g/mol. The van der Waals surface area contributed by atoms with Gasteiger partial charge in [0.15, 0.2) is 11.7 Å². The minimum atomic E-state index is -4.41. The molecule has 0 saturated carbocycles. The van der Waals surface area contributed by atoms with Crippen LogP contribution in [-0.4, -0.2) is 54.1 Å². The summed E-state index contributed by atoms with van der Waals surface area (Å²) in [6, 6.07) is -0.245. The molecule has 11 heteroatoms. The Kier molecular flexibility index (Phi) is 7.06. The maximum atomic E-state index is 12.6. The normalized spacial score (nSPS) is 16.6. The minimum absolute atomic E-state index is 0.167. The molecule has 26 heavy (non-hydrogen) atoms. The topological polar surface area (TPSA) is 95.6 Å². The second-order valence-corrected chi connectivity index (χ2v) is 6.82. The Morgan fingerprint density at radius 1 is 1.46 bits per heavy atom. The van der Waals surface area contributed by atoms with E-state index >= 15 is 0 Å². The van der Waals surface area contributed by atoms with Gasteiger partial charge in [0, 0.05) is 44.0 Å². The zero-order valence-corrected chi connectivity index (χ0v) is 15.3. The number of primary amides is 1. The van der Waals surface area contributed by atoms with Crippen LogP contribution in [-0.2, 0) is 12.6 Å². The van der Waals surface area contributed by atoms with Gasteiger partial charge in [-0.25, -0.2) is 9.78 Å². The first-order chi connectivity index (χ1) is 12.3. The molecule has 146 valence electrons. The second-order valence-electron chi connectivity index (χ2n) is 5.88. The lowest BCUT2D eigenvalue weighted by Gasteiger charge is -2.32. The van der Waals surface area contributed by atoms with Crippen molar-refractivity contribution in [2.24, 2.45) is 10.7 Å². The maximum absolute atomic E-state index is 12.6. The molecule has 1 aliphatic rings. The van der Waals surface area contributed by atoms with Crippen LogP contribution in [0.2, 0.25) is 0 Å². The number of amides is 2. The first-order valence-electron chi connectivity index (χ1n) is 8.40. The summed E-state index contributed by atoms with van der Waals surface area (Å²) in [6.07, 6.45) is -2.55. The molecule has 7 nitrogen and oxygen atoms in total. The number of likely N-dealkylation sites (tertiary alicyclic amines) is 1. The van der Waals surface area contributed by atoms with Crippen molar-refractivity contribution in [3.05, 3.63) is 16.1 Å². The molecule has 1 aromatic rings. The van der Waals surface area contributed by atoms with Gasteiger partial charge in [-0.3, -0.25) is 4.99 Å². The standard InChI is InChI=1S/C15H23F3N6OS/c1-2-20-14(22-10-4-7-24(8-5-10)13(19)25)21-6-3-12-23-11(9-26-12)15(16,17)18/h9-10H,2-8H2,1H3,(H2,19,25)(H2,20,21,22). The molecule has 1 aromatic heterocycles. The minimum Gasteiger partial charge on any atom is -0.357 e. The van der Waals surface area contributed by atoms with Gasteiger partial charge < -0.3 is 21.3 Å². The maximum Gasteiger partial charge on any atom is 0.434 e. The van der Waals surface area contributed by atoms with Gasteiger partial charge in [-0.1, -0.05) is 0 Å². The van der Waals surface area contributed by atoms with Crippen molar-refractivity contribution in [3.63, 3.8) is 0 Å². The smallest absolute Gasteiger partial charge is 0.357 e. The first kappa shape index (κ1) is 20.3. The van der Waals surface area contributed by atoms with Crippen molar-refractivity contribution in [1.82, 2.24) is 20.5 Å². The SMILES string of the molecule is CCNC(=NCCc1nc(C(F)(F)F)cs1)NC1CCN(C(N)=O)CC1. The van der Waals surface area contributed by atoms with Gasteiger partial charge in [0.05, 0.1) is 5.01 Å². The number of guanidine groups is 1. The highest BCUT2D eigenvalue weighted by atomic mass is 32.1. The van der Waals surface area contributed by atoms with Crippen molar-refractivity contribution in [1.29, 1.82) is 0 Å². The van der Waals surface area contributed by atoms with Gasteiger partial charge in [0.25, 0.3) is 0 Å². The number of nitrogens with two attached hydrogens (primary N) is 1. The monoisotopic (exact) mass is 392 g/mol. The van der Waals surface area contributed by atoms with Crippen LogP contribution in [0.4, 0.5) is 18.0 Å². The molecule has 0 atom stereocenters. The molecule has 1 aliphatic heterocycles. The van der Waals surface area contributed by atoms with Crippen molar-refractivity contribution in [2.75, 3.05) is 26.2 Å². The third kappa shape index (κ3) is 6.04. The molecule has 1 fully saturated rings. The summed E-state index contributed by atoms with van der Waals surface area (Å²) in [6.45, 7) is 4.11. The average Bonchev–Trinajstić information content (AvgIpc) is 3.05. The number of nitrogens with zero attached hydrogens (tertiary/aromatic N) is 3. The first-order valence-corrected chi connectivity index (χ1v) is 9.28. The Hall–Kier alpha value is -2.04. The summed E-state index contributed by atoms with van der Waals surface area (Å²) in [7, 11) is 0. The van der Waals surface area contributed by atoms with Gasteiger partial charge in [-0.2, -0.15) is 13.2 Å². The van der Waals surface area contributed by atoms with E-state index in [-0.39, 0.29) is 6.04 Å². The molecule has 0 spiro atoms. The molecule has 0 aliphatic carbocycles. The van der Waals surface area contributed by atoms with E-state index in [1.54, 1.807) is 4.90 Å². The van der Waals surface area contributed by atoms with Crippen molar-refractivity contribution >= 4 is 23.3 Å². The number of hydrogen-bond donors (Lipinski definition) is 3. The molecular formula is C15H23F3N6OS. The van der Waals surface area contributed by atoms with Crippen molar-refractivity contribution in [3.8, 4) is 0 Å². The van der Waals surface area contributed by atoms with Crippen LogP contribution < -0.4 is 16.4 Å². The summed E-state index contributed by atoms with van der Waals surface area (Å²) in [5.41, 5.74) is 4.41. The lowest BCUT2D eigenvalue weighted by Crippen LogP contribution is -2.50. The molecule has 0 unspecified atom stereocenters. The number of carbonyl (C=O) groups excluding carboxylic acids is 1. The van der Waals surface area contributed by atoms with Gasteiger partial charge in [0.1, 0.15) is 0 Å². The lowest BCUT2D eigenvalue weighted by atomic mass is 10.1. The molecule has 4 N–H and O–H groups in total. The summed E-state index contributed by atoms with van der Waals surface area (Å²) < 4.78 is 37.7. The fraction of sp³-hybridized carbons (Fsp3) is 0.667. The molecule has 2 rings (SSSR count). The number of rotatable bonds is 5. The quantitative estimate of drug-likeness (QED) is 0.526. The number of piperidine rings is 1. The van der Waals surface area contributed by atoms with Crippen LogP contribution in [0.1, 0.15) is 30.5 Å². The van der Waals surface area contributed by atoms with E-state index < -0.39 is 17.9 Å². The summed E-state index contributed by atoms with van der Waals surface area (Å²) in [5.74, 6) is 0.609. The number of carbonyl (C=O) groups is 1. The van der Waals surface area contributed by atoms with Crippen LogP contribution in [0, 0.1) is 0 Å². The number of alkyl halides is 3. The predicted octanol–water partition coefficient (Wildman–Crippen LogP) is 1.80. The molecule has 0 radical (unpaired) electrons. The largest absolute Gasteiger partial charge is 0.434 e. The molecule has 0 bridgehead atoms. The predicted molar refractivity (Wildman–Crippen MR) is 94.1 cm³/mol. The van der Waals surface area contributed by atoms with E-state index in [4.69, 9.17) is 5.73 Å². The van der Waals surface area contributed by atoms with Gasteiger partial charge in [-0.15, -0.1) is 11.3 Å². The number of urea groups is 1. The fourth-order valence-electron chi connectivity index (χ4n) is 2.58. The van der Waals surface area contributed by atoms with E-state index in [0.717, 1.165) is 29.6 Å². The van der Waals surface area contributed by atoms with Crippen LogP contribution in [0.25, 0.3) is 0 Å². The van der Waals surface area contributed by atoms with E-state index in [0.29, 0.717) is 43.6 Å². The van der Waals surface area contributed by atoms with Crippen LogP contribution in [0.15, 0.2) is 10.4 Å². The third-order valence-electron chi connectivity index (χ3n) is 3.93. The van der Waals surface area contributed by atoms with Gasteiger partial charge in [0.2, 0.25) is 0 Å². The Morgan fingerprint density at radius 3 is 2.69 bits per heavy atom. The number of nitrogens with one attached hydrogen (secondary N) is 2. The Morgan fingerprint density at radius 2 is 2.15 bits per heavy atom. The molecule has 1 saturated heterocycles. The number of thiazole rings is 1. The molecule has 2 heterocycles. The highest BCUT2D eigenvalue weighted by Crippen LogP contribution is 2.30. The van der Waals surface area contributed by atoms with Crippen LogP contribution in [0.3, 0.4) is 0 Å². The number of halogens is 3. The zero-order valence-electron chi connectivity index (χ0n) is 14.5. The van der Waals surface area contributed by atoms with Crippen LogP contribution >= 0.6 is 11.3 Å². The Bertz CT molecular complexity index is 625. The van der Waals surface area contributed by atoms with Crippen LogP contribution in [0.5, 0.6) is 0 Å². The third-order valence-corrected chi connectivity index (χ3v) is 4.84. The second kappa shape index (κ2) is 9.06. The van der Waals surface area contributed by atoms with Crippen molar-refractivity contribution < 1.29 is 18.0 Å². The number of aliphatic imine (C=N–C) groups is 1. The molecule has 0 aromatic carbocycles. The summed E-state index contributed by atoms with van der Waals surface area (Å²) >= 11 is 0.990.